The van der Waals surface area contributed by atoms with Crippen LogP contribution in [-0.2, 0) is 47.5 Å². The molecule has 2 aliphatic rings. The minimum Gasteiger partial charge on any atom is -0.459 e. The highest BCUT2D eigenvalue weighted by Gasteiger charge is 2.26. The van der Waals surface area contributed by atoms with Crippen LogP contribution in [-0.4, -0.2) is 139 Å². The van der Waals surface area contributed by atoms with Crippen molar-refractivity contribution in [1.82, 2.24) is 0 Å². The predicted molar refractivity (Wildman–Crippen MR) is 270 cm³/mol. The number of carbonyl (C=O) groups is 8. The van der Waals surface area contributed by atoms with E-state index < -0.39 is 41.8 Å². The molecule has 15 nitrogen and oxygen atoms in total. The lowest BCUT2D eigenvalue weighted by Crippen LogP contribution is -2.26. The molecule has 2 aromatic carbocycles. The second-order valence-electron chi connectivity index (χ2n) is 15.5. The molecule has 0 N–H and O–H groups in total. The van der Waals surface area contributed by atoms with Gasteiger partial charge in [-0.05, 0) is 62.5 Å². The van der Waals surface area contributed by atoms with E-state index in [4.69, 9.17) is 33.2 Å². The van der Waals surface area contributed by atoms with Crippen molar-refractivity contribution in [1.29, 1.82) is 0 Å². The molecular formula is C50H58O15S4. The Morgan fingerprint density at radius 1 is 0.493 bits per heavy atom. The molecule has 19 heteroatoms. The quantitative estimate of drug-likeness (QED) is 0.0308. The van der Waals surface area contributed by atoms with E-state index in [0.29, 0.717) is 11.5 Å². The van der Waals surface area contributed by atoms with Crippen molar-refractivity contribution in [3.8, 4) is 0 Å². The summed E-state index contributed by atoms with van der Waals surface area (Å²) in [5.41, 5.74) is 3.24. The van der Waals surface area contributed by atoms with Crippen LogP contribution in [0.4, 0.5) is 0 Å². The summed E-state index contributed by atoms with van der Waals surface area (Å²) in [5, 5.41) is 0. The largest absolute Gasteiger partial charge is 0.459 e. The van der Waals surface area contributed by atoms with Gasteiger partial charge in [0.1, 0.15) is 45.7 Å². The van der Waals surface area contributed by atoms with Crippen molar-refractivity contribution < 1.29 is 71.5 Å². The first-order valence-corrected chi connectivity index (χ1v) is 26.1. The summed E-state index contributed by atoms with van der Waals surface area (Å²) in [5.74, 6) is 1.59. The van der Waals surface area contributed by atoms with Gasteiger partial charge in [0.15, 0.2) is 5.78 Å². The molecule has 0 spiro atoms. The van der Waals surface area contributed by atoms with Gasteiger partial charge in [-0.15, -0.1) is 0 Å². The zero-order chi connectivity index (χ0) is 50.9. The second-order valence-corrected chi connectivity index (χ2v) is 19.7. The number of thioether (sulfide) groups is 4. The summed E-state index contributed by atoms with van der Waals surface area (Å²) < 4.78 is 35.8. The Hall–Kier alpha value is -5.50. The van der Waals surface area contributed by atoms with Crippen LogP contribution >= 0.6 is 47.0 Å². The third-order valence-corrected chi connectivity index (χ3v) is 14.2. The van der Waals surface area contributed by atoms with Gasteiger partial charge in [-0.2, -0.15) is 47.0 Å². The Balaban J connectivity index is 0.000000384. The maximum absolute atomic E-state index is 13.1. The average Bonchev–Trinajstić information content (AvgIpc) is 3.30. The minimum atomic E-state index is -0.891. The van der Waals surface area contributed by atoms with Gasteiger partial charge < -0.3 is 33.2 Å². The monoisotopic (exact) mass is 1030 g/mol. The van der Waals surface area contributed by atoms with E-state index in [1.165, 1.54) is 62.2 Å². The maximum atomic E-state index is 13.1. The van der Waals surface area contributed by atoms with Gasteiger partial charge in [-0.1, -0.05) is 62.2 Å². The van der Waals surface area contributed by atoms with E-state index >= 15 is 0 Å². The maximum Gasteiger partial charge on any atom is 0.339 e. The number of hydrogen-bond acceptors (Lipinski definition) is 19. The molecule has 0 bridgehead atoms. The fraction of sp³-hybridized carbons (Fsp3) is 0.400. The zero-order valence-electron chi connectivity index (χ0n) is 39.1. The molecule has 0 radical (unpaired) electrons. The molecule has 2 fully saturated rings. The van der Waals surface area contributed by atoms with Crippen LogP contribution in [0.3, 0.4) is 0 Å². The molecule has 2 aromatic rings. The van der Waals surface area contributed by atoms with Crippen LogP contribution in [0.1, 0.15) is 79.0 Å². The van der Waals surface area contributed by atoms with E-state index in [0.717, 1.165) is 34.5 Å². The van der Waals surface area contributed by atoms with Gasteiger partial charge in [0.25, 0.3) is 0 Å². The molecular weight excluding hydrogens is 969 g/mol. The topological polar surface area (TPSA) is 201 Å². The van der Waals surface area contributed by atoms with Crippen molar-refractivity contribution in [2.24, 2.45) is 5.92 Å². The summed E-state index contributed by atoms with van der Waals surface area (Å²) in [7, 11) is 0. The zero-order valence-corrected chi connectivity index (χ0v) is 42.4. The number of hydrogen-bond donors (Lipinski definition) is 0. The van der Waals surface area contributed by atoms with Crippen LogP contribution in [0.5, 0.6) is 0 Å². The van der Waals surface area contributed by atoms with Crippen molar-refractivity contribution in [3.63, 3.8) is 0 Å². The van der Waals surface area contributed by atoms with Gasteiger partial charge in [0.2, 0.25) is 0 Å². The number of ketones is 1. The summed E-state index contributed by atoms with van der Waals surface area (Å²) in [6.45, 7) is 21.8. The highest BCUT2D eigenvalue weighted by atomic mass is 32.2. The van der Waals surface area contributed by atoms with Crippen LogP contribution in [0.15, 0.2) is 103 Å². The number of carbonyl (C=O) groups excluding carboxylic acids is 8. The normalized spacial score (nSPS) is 14.3. The third-order valence-electron chi connectivity index (χ3n) is 9.13. The van der Waals surface area contributed by atoms with Crippen molar-refractivity contribution in [2.75, 3.05) is 85.7 Å². The third kappa shape index (κ3) is 21.4. The van der Waals surface area contributed by atoms with Gasteiger partial charge in [0.05, 0.1) is 22.3 Å². The molecule has 372 valence electrons. The van der Waals surface area contributed by atoms with Crippen molar-refractivity contribution in [3.05, 3.63) is 131 Å². The van der Waals surface area contributed by atoms with Gasteiger partial charge in [0, 0.05) is 63.2 Å². The number of rotatable bonds is 20. The van der Waals surface area contributed by atoms with E-state index in [1.54, 1.807) is 59.2 Å². The van der Waals surface area contributed by atoms with E-state index in [1.807, 2.05) is 0 Å². The van der Waals surface area contributed by atoms with Gasteiger partial charge >= 0.3 is 41.8 Å². The smallest absolute Gasteiger partial charge is 0.339 e. The Labute approximate surface area is 419 Å². The minimum absolute atomic E-state index is 0.0914. The predicted octanol–water partition coefficient (Wildman–Crippen LogP) is 7.99. The van der Waals surface area contributed by atoms with Crippen LogP contribution in [0.2, 0.25) is 0 Å². The average molecular weight is 1030 g/mol. The van der Waals surface area contributed by atoms with E-state index in [9.17, 15) is 38.4 Å². The molecule has 0 amide bonds. The number of Topliss-reactive ketones (excluding diaryl/α,β-unsaturated/α-hetero) is 1. The first-order valence-electron chi connectivity index (χ1n) is 21.5. The molecule has 4 rings (SSSR count). The van der Waals surface area contributed by atoms with Crippen molar-refractivity contribution >= 4 is 94.6 Å². The fourth-order valence-corrected chi connectivity index (χ4v) is 10.3. The lowest BCUT2D eigenvalue weighted by atomic mass is 9.97. The molecule has 0 atom stereocenters. The summed E-state index contributed by atoms with van der Waals surface area (Å²) >= 11 is 6.86. The molecule has 0 aromatic heterocycles. The lowest BCUT2D eigenvalue weighted by Gasteiger charge is -2.21. The van der Waals surface area contributed by atoms with Crippen molar-refractivity contribution in [2.45, 2.75) is 33.3 Å². The van der Waals surface area contributed by atoms with Crippen LogP contribution < -0.4 is 0 Å². The molecule has 2 saturated heterocycles. The number of benzene rings is 2. The first-order chi connectivity index (χ1) is 32.9. The van der Waals surface area contributed by atoms with Crippen LogP contribution in [0, 0.1) is 5.92 Å². The molecule has 0 saturated carbocycles. The number of esters is 7. The highest BCUT2D eigenvalue weighted by molar-refractivity contribution is 8.01. The SMILES string of the molecule is C=C1CSCC(CC(=O)c2ccc(C(=O)OCCOC(=O)C(=C)C)c(C(=O)OCCOC(=O)C(=C)C)c2)CSC1.C=C1CSCC(OC(=O)c2ccccc2C(=O)OCCOC(=O)C(=C)C)CSC1. The van der Waals surface area contributed by atoms with E-state index in [-0.39, 0.29) is 108 Å². The fourth-order valence-electron chi connectivity index (χ4n) is 5.68. The summed E-state index contributed by atoms with van der Waals surface area (Å²) in [4.78, 5) is 98.2. The highest BCUT2D eigenvalue weighted by Crippen LogP contribution is 2.27. The Morgan fingerprint density at radius 3 is 1.28 bits per heavy atom. The van der Waals surface area contributed by atoms with E-state index in [2.05, 4.69) is 32.9 Å². The molecule has 0 unspecified atom stereocenters. The molecule has 0 aliphatic carbocycles. The Kier molecular flexibility index (Phi) is 25.9. The van der Waals surface area contributed by atoms with Crippen LogP contribution in [0.25, 0.3) is 0 Å². The van der Waals surface area contributed by atoms with Gasteiger partial charge in [-0.25, -0.2) is 33.6 Å². The first kappa shape index (κ1) is 57.8. The Morgan fingerprint density at radius 2 is 0.855 bits per heavy atom. The number of ether oxygens (including phenoxy) is 7. The second kappa shape index (κ2) is 30.9. The summed E-state index contributed by atoms with van der Waals surface area (Å²) in [6.07, 6.45) is 0.0478. The van der Waals surface area contributed by atoms with Gasteiger partial charge in [-0.3, -0.25) is 4.79 Å². The Bertz CT molecular complexity index is 2240. The molecule has 2 aliphatic heterocycles. The standard InChI is InChI=1S/C29H34O9S2.C21H24O6S2/c1-18(2)26(31)35-8-10-37-28(33)23-7-6-22(25(30)12-21-16-39-14-20(5)15-40-17-21)13-24(23)29(34)38-11-9-36-27(32)19(3)4;1-14(2)19(22)25-8-9-26-20(23)17-6-4-5-7-18(17)21(24)27-16-12-28-10-15(3)11-29-13-16/h6-7,13,21H,1,3,5,8-12,14-17H2,2,4H3;4-7,16H,1,3,8-13H2,2H3. The molecule has 2 heterocycles. The summed E-state index contributed by atoms with van der Waals surface area (Å²) in [6, 6.07) is 10.5. The lowest BCUT2D eigenvalue weighted by molar-refractivity contribution is -0.140. The molecule has 69 heavy (non-hydrogen) atoms.